The van der Waals surface area contributed by atoms with Crippen molar-refractivity contribution in [1.82, 2.24) is 0 Å². The first-order valence-electron chi connectivity index (χ1n) is 5.77. The minimum absolute atomic E-state index is 0.0389. The number of ether oxygens (including phenoxy) is 1. The average Bonchev–Trinajstić information content (AvgIpc) is 2.85. The van der Waals surface area contributed by atoms with Crippen molar-refractivity contribution in [2.45, 2.75) is 6.42 Å². The van der Waals surface area contributed by atoms with E-state index < -0.39 is 34.8 Å². The van der Waals surface area contributed by atoms with Crippen LogP contribution in [0.1, 0.15) is 20.1 Å². The first kappa shape index (κ1) is 15.2. The Morgan fingerprint density at radius 2 is 1.76 bits per heavy atom. The third-order valence-corrected chi connectivity index (χ3v) is 3.75. The molecule has 1 aromatic carbocycles. The largest absolute Gasteiger partial charge is 0.469 e. The van der Waals surface area contributed by atoms with Gasteiger partial charge in [-0.1, -0.05) is 0 Å². The fraction of sp³-hybridized carbons (Fsp3) is 0.143. The zero-order valence-corrected chi connectivity index (χ0v) is 11.6. The molecule has 0 saturated carbocycles. The highest BCUT2D eigenvalue weighted by atomic mass is 32.1. The summed E-state index contributed by atoms with van der Waals surface area (Å²) < 4.78 is 44.4. The number of halogens is 3. The molecule has 3 nitrogen and oxygen atoms in total. The molecule has 0 radical (unpaired) electrons. The Balaban J connectivity index is 2.31. The second-order valence-corrected chi connectivity index (χ2v) is 5.26. The van der Waals surface area contributed by atoms with Gasteiger partial charge in [-0.2, -0.15) is 0 Å². The summed E-state index contributed by atoms with van der Waals surface area (Å²) in [6, 6.07) is 3.74. The van der Waals surface area contributed by atoms with Crippen LogP contribution >= 0.6 is 11.3 Å². The molecule has 7 heteroatoms. The molecule has 1 heterocycles. The third kappa shape index (κ3) is 3.30. The lowest BCUT2D eigenvalue weighted by Gasteiger charge is -2.02. The number of hydrogen-bond donors (Lipinski definition) is 0. The van der Waals surface area contributed by atoms with Crippen LogP contribution in [0.3, 0.4) is 0 Å². The topological polar surface area (TPSA) is 43.4 Å². The number of esters is 1. The molecule has 1 aromatic heterocycles. The number of carbonyl (C=O) groups excluding carboxylic acids is 2. The molecular formula is C14H9F3O3S. The lowest BCUT2D eigenvalue weighted by molar-refractivity contribution is -0.139. The van der Waals surface area contributed by atoms with E-state index in [1.807, 2.05) is 0 Å². The van der Waals surface area contributed by atoms with Crippen molar-refractivity contribution in [3.05, 3.63) is 57.0 Å². The second kappa shape index (κ2) is 6.09. The number of methoxy groups -OCH3 is 1. The quantitative estimate of drug-likeness (QED) is 0.643. The predicted octanol–water partition coefficient (Wildman–Crippen LogP) is 3.11. The van der Waals surface area contributed by atoms with Crippen LogP contribution in [-0.4, -0.2) is 18.9 Å². The van der Waals surface area contributed by atoms with E-state index in [1.54, 1.807) is 0 Å². The molecule has 0 amide bonds. The van der Waals surface area contributed by atoms with Crippen LogP contribution in [0, 0.1) is 17.5 Å². The monoisotopic (exact) mass is 314 g/mol. The molecule has 2 aromatic rings. The molecule has 0 fully saturated rings. The summed E-state index contributed by atoms with van der Waals surface area (Å²) in [6.07, 6.45) is -0.0389. The molecule has 0 N–H and O–H groups in total. The molecule has 2 rings (SSSR count). The van der Waals surface area contributed by atoms with E-state index >= 15 is 0 Å². The van der Waals surface area contributed by atoms with Crippen LogP contribution in [0.5, 0.6) is 0 Å². The number of thiophene rings is 1. The van der Waals surface area contributed by atoms with Gasteiger partial charge in [0.2, 0.25) is 5.78 Å². The van der Waals surface area contributed by atoms with Crippen LogP contribution in [0.15, 0.2) is 24.3 Å². The van der Waals surface area contributed by atoms with Gasteiger partial charge in [-0.25, -0.2) is 13.2 Å². The van der Waals surface area contributed by atoms with Gasteiger partial charge in [-0.05, 0) is 12.1 Å². The Kier molecular flexibility index (Phi) is 4.42. The third-order valence-electron chi connectivity index (χ3n) is 2.67. The molecule has 0 spiro atoms. The minimum Gasteiger partial charge on any atom is -0.469 e. The summed E-state index contributed by atoms with van der Waals surface area (Å²) in [6.45, 7) is 0. The Labute approximate surface area is 122 Å². The summed E-state index contributed by atoms with van der Waals surface area (Å²) in [7, 11) is 1.23. The van der Waals surface area contributed by atoms with E-state index in [9.17, 15) is 22.8 Å². The summed E-state index contributed by atoms with van der Waals surface area (Å²) in [5.74, 6) is -5.01. The first-order valence-corrected chi connectivity index (χ1v) is 6.58. The molecule has 110 valence electrons. The smallest absolute Gasteiger partial charge is 0.310 e. The van der Waals surface area contributed by atoms with E-state index in [0.29, 0.717) is 17.0 Å². The van der Waals surface area contributed by atoms with E-state index in [0.717, 1.165) is 11.3 Å². The summed E-state index contributed by atoms with van der Waals surface area (Å²) in [5.41, 5.74) is -0.817. The van der Waals surface area contributed by atoms with Crippen LogP contribution in [0.4, 0.5) is 13.2 Å². The minimum atomic E-state index is -1.26. The highest BCUT2D eigenvalue weighted by Gasteiger charge is 2.22. The zero-order chi connectivity index (χ0) is 15.6. The van der Waals surface area contributed by atoms with Crippen molar-refractivity contribution in [2.24, 2.45) is 0 Å². The zero-order valence-electron chi connectivity index (χ0n) is 10.8. The number of carbonyl (C=O) groups is 2. The van der Waals surface area contributed by atoms with Gasteiger partial charge in [0.1, 0.15) is 17.5 Å². The second-order valence-electron chi connectivity index (χ2n) is 4.09. The molecular weight excluding hydrogens is 305 g/mol. The maximum absolute atomic E-state index is 13.5. The number of ketones is 1. The van der Waals surface area contributed by atoms with Crippen LogP contribution in [-0.2, 0) is 16.0 Å². The van der Waals surface area contributed by atoms with E-state index in [4.69, 9.17) is 0 Å². The Morgan fingerprint density at radius 3 is 2.33 bits per heavy atom. The van der Waals surface area contributed by atoms with Crippen molar-refractivity contribution in [3.8, 4) is 0 Å². The molecule has 0 aliphatic carbocycles. The molecule has 0 saturated heterocycles. The van der Waals surface area contributed by atoms with Gasteiger partial charge in [0.15, 0.2) is 0 Å². The van der Waals surface area contributed by atoms with Gasteiger partial charge in [0.05, 0.1) is 24.0 Å². The van der Waals surface area contributed by atoms with Gasteiger partial charge in [-0.15, -0.1) is 11.3 Å². The Morgan fingerprint density at radius 1 is 1.14 bits per heavy atom. The molecule has 0 unspecified atom stereocenters. The summed E-state index contributed by atoms with van der Waals surface area (Å²) in [5, 5.41) is 0. The van der Waals surface area contributed by atoms with Crippen LogP contribution in [0.2, 0.25) is 0 Å². The van der Waals surface area contributed by atoms with Gasteiger partial charge in [0.25, 0.3) is 0 Å². The fourth-order valence-electron chi connectivity index (χ4n) is 1.69. The number of rotatable bonds is 4. The average molecular weight is 314 g/mol. The van der Waals surface area contributed by atoms with Gasteiger partial charge in [-0.3, -0.25) is 9.59 Å². The first-order chi connectivity index (χ1) is 9.92. The lowest BCUT2D eigenvalue weighted by Crippen LogP contribution is -2.06. The highest BCUT2D eigenvalue weighted by Crippen LogP contribution is 2.24. The van der Waals surface area contributed by atoms with Crippen molar-refractivity contribution in [2.75, 3.05) is 7.11 Å². The van der Waals surface area contributed by atoms with Gasteiger partial charge >= 0.3 is 5.97 Å². The number of benzene rings is 1. The van der Waals surface area contributed by atoms with Crippen molar-refractivity contribution in [3.63, 3.8) is 0 Å². The number of hydrogen-bond acceptors (Lipinski definition) is 4. The van der Waals surface area contributed by atoms with E-state index in [1.165, 1.54) is 19.2 Å². The van der Waals surface area contributed by atoms with Crippen LogP contribution < -0.4 is 0 Å². The van der Waals surface area contributed by atoms with Gasteiger partial charge in [0, 0.05) is 17.0 Å². The maximum Gasteiger partial charge on any atom is 0.310 e. The SMILES string of the molecule is COC(=O)Cc1ccc(C(=O)c2c(F)cc(F)cc2F)s1. The Bertz CT molecular complexity index is 686. The standard InChI is InChI=1S/C14H9F3O3S/c1-20-12(18)6-8-2-3-11(21-8)14(19)13-9(16)4-7(15)5-10(13)17/h2-5H,6H2,1H3. The van der Waals surface area contributed by atoms with Crippen LogP contribution in [0.25, 0.3) is 0 Å². The van der Waals surface area contributed by atoms with Crippen molar-refractivity contribution >= 4 is 23.1 Å². The van der Waals surface area contributed by atoms with Crippen molar-refractivity contribution in [1.29, 1.82) is 0 Å². The van der Waals surface area contributed by atoms with Gasteiger partial charge < -0.3 is 4.74 Å². The highest BCUT2D eigenvalue weighted by molar-refractivity contribution is 7.14. The maximum atomic E-state index is 13.5. The Hall–Kier alpha value is -2.15. The predicted molar refractivity (Wildman–Crippen MR) is 69.8 cm³/mol. The summed E-state index contributed by atoms with van der Waals surface area (Å²) >= 11 is 0.924. The molecule has 0 bridgehead atoms. The van der Waals surface area contributed by atoms with Crippen molar-refractivity contribution < 1.29 is 27.5 Å². The lowest BCUT2D eigenvalue weighted by atomic mass is 10.1. The molecule has 0 aliphatic heterocycles. The molecule has 0 atom stereocenters. The normalized spacial score (nSPS) is 10.5. The summed E-state index contributed by atoms with van der Waals surface area (Å²) in [4.78, 5) is 23.7. The molecule has 0 aliphatic rings. The fourth-order valence-corrected chi connectivity index (χ4v) is 2.63. The van der Waals surface area contributed by atoms with E-state index in [2.05, 4.69) is 4.74 Å². The van der Waals surface area contributed by atoms with E-state index in [-0.39, 0.29) is 11.3 Å². The molecule has 21 heavy (non-hydrogen) atoms.